The van der Waals surface area contributed by atoms with Gasteiger partial charge in [0.25, 0.3) is 0 Å². The first-order valence-corrected chi connectivity index (χ1v) is 5.80. The van der Waals surface area contributed by atoms with Crippen molar-refractivity contribution in [3.05, 3.63) is 24.0 Å². The molecule has 0 amide bonds. The Hall–Kier alpha value is -0.840. The molecule has 0 aliphatic carbocycles. The molecule has 4 nitrogen and oxygen atoms in total. The van der Waals surface area contributed by atoms with Crippen LogP contribution in [0.15, 0.2) is 18.3 Å². The van der Waals surface area contributed by atoms with Gasteiger partial charge in [-0.1, -0.05) is 0 Å². The normalized spacial score (nSPS) is 10.9. The van der Waals surface area contributed by atoms with E-state index in [-0.39, 0.29) is 0 Å². The van der Waals surface area contributed by atoms with Crippen LogP contribution in [0.1, 0.15) is 12.6 Å². The molecule has 0 spiro atoms. The number of nitrogens with one attached hydrogen (secondary N) is 1. The lowest BCUT2D eigenvalue weighted by Crippen LogP contribution is -2.21. The third-order valence-electron chi connectivity index (χ3n) is 2.43. The molecule has 0 atom stereocenters. The minimum atomic E-state index is 0.665. The van der Waals surface area contributed by atoms with E-state index in [1.54, 1.807) is 7.11 Å². The second kappa shape index (κ2) is 8.33. The summed E-state index contributed by atoms with van der Waals surface area (Å²) >= 11 is 0. The van der Waals surface area contributed by atoms with Gasteiger partial charge in [-0.15, -0.1) is 0 Å². The summed E-state index contributed by atoms with van der Waals surface area (Å²) in [6.45, 7) is 7.01. The standard InChI is InChI=1S/C12H22N2O2/c1-3-14-7-4-5-12(14)11-13-6-8-16-10-9-15-2/h4-5,7,13H,3,6,8-11H2,1-2H3. The second-order valence-corrected chi connectivity index (χ2v) is 3.57. The highest BCUT2D eigenvalue weighted by molar-refractivity contribution is 5.06. The molecule has 0 saturated heterocycles. The SMILES string of the molecule is CCn1cccc1CNCCOCCOC. The van der Waals surface area contributed by atoms with Gasteiger partial charge < -0.3 is 19.4 Å². The maximum Gasteiger partial charge on any atom is 0.0700 e. The highest BCUT2D eigenvalue weighted by Gasteiger charge is 1.97. The average Bonchev–Trinajstić information content (AvgIpc) is 2.75. The topological polar surface area (TPSA) is 35.4 Å². The van der Waals surface area contributed by atoms with Gasteiger partial charge in [-0.05, 0) is 19.1 Å². The lowest BCUT2D eigenvalue weighted by molar-refractivity contribution is 0.0718. The first-order chi connectivity index (χ1) is 7.88. The van der Waals surface area contributed by atoms with Crippen molar-refractivity contribution in [1.82, 2.24) is 9.88 Å². The fraction of sp³-hybridized carbons (Fsp3) is 0.667. The molecule has 0 aromatic carbocycles. The van der Waals surface area contributed by atoms with Crippen molar-refractivity contribution in [3.8, 4) is 0 Å². The fourth-order valence-electron chi connectivity index (χ4n) is 1.52. The number of ether oxygens (including phenoxy) is 2. The van der Waals surface area contributed by atoms with E-state index in [0.29, 0.717) is 13.2 Å². The zero-order valence-corrected chi connectivity index (χ0v) is 10.2. The summed E-state index contributed by atoms with van der Waals surface area (Å²) in [5.41, 5.74) is 1.32. The molecule has 16 heavy (non-hydrogen) atoms. The monoisotopic (exact) mass is 226 g/mol. The van der Waals surface area contributed by atoms with Gasteiger partial charge in [0.05, 0.1) is 19.8 Å². The summed E-state index contributed by atoms with van der Waals surface area (Å²) in [5, 5.41) is 3.35. The Morgan fingerprint density at radius 2 is 2.19 bits per heavy atom. The Kier molecular flexibility index (Phi) is 6.88. The smallest absolute Gasteiger partial charge is 0.0700 e. The van der Waals surface area contributed by atoms with Crippen LogP contribution >= 0.6 is 0 Å². The summed E-state index contributed by atoms with van der Waals surface area (Å²) < 4.78 is 12.5. The van der Waals surface area contributed by atoms with E-state index < -0.39 is 0 Å². The maximum atomic E-state index is 5.36. The van der Waals surface area contributed by atoms with E-state index in [9.17, 15) is 0 Å². The molecule has 0 aliphatic rings. The van der Waals surface area contributed by atoms with Crippen molar-refractivity contribution >= 4 is 0 Å². The Balaban J connectivity index is 2.03. The Morgan fingerprint density at radius 3 is 2.94 bits per heavy atom. The molecule has 1 aromatic rings. The van der Waals surface area contributed by atoms with Crippen LogP contribution in [-0.2, 0) is 22.6 Å². The highest BCUT2D eigenvalue weighted by Crippen LogP contribution is 2.00. The zero-order valence-electron chi connectivity index (χ0n) is 10.2. The van der Waals surface area contributed by atoms with E-state index >= 15 is 0 Å². The van der Waals surface area contributed by atoms with Crippen molar-refractivity contribution in [1.29, 1.82) is 0 Å². The first kappa shape index (κ1) is 13.2. The van der Waals surface area contributed by atoms with E-state index in [0.717, 1.165) is 26.2 Å². The van der Waals surface area contributed by atoms with Crippen LogP contribution in [0.4, 0.5) is 0 Å². The minimum Gasteiger partial charge on any atom is -0.382 e. The Bertz CT molecular complexity index is 274. The zero-order chi connectivity index (χ0) is 11.6. The van der Waals surface area contributed by atoms with Crippen molar-refractivity contribution < 1.29 is 9.47 Å². The molecular formula is C12H22N2O2. The third-order valence-corrected chi connectivity index (χ3v) is 2.43. The Morgan fingerprint density at radius 1 is 1.31 bits per heavy atom. The largest absolute Gasteiger partial charge is 0.382 e. The minimum absolute atomic E-state index is 0.665. The first-order valence-electron chi connectivity index (χ1n) is 5.80. The second-order valence-electron chi connectivity index (χ2n) is 3.57. The van der Waals surface area contributed by atoms with Gasteiger partial charge in [-0.2, -0.15) is 0 Å². The molecule has 0 saturated carbocycles. The predicted octanol–water partition coefficient (Wildman–Crippen LogP) is 1.26. The number of aromatic nitrogens is 1. The van der Waals surface area contributed by atoms with Crippen molar-refractivity contribution in [2.75, 3.05) is 33.5 Å². The van der Waals surface area contributed by atoms with Crippen molar-refractivity contribution in [2.24, 2.45) is 0 Å². The van der Waals surface area contributed by atoms with E-state index in [2.05, 4.69) is 35.1 Å². The lowest BCUT2D eigenvalue weighted by Gasteiger charge is -2.08. The molecule has 1 aromatic heterocycles. The van der Waals surface area contributed by atoms with E-state index in [1.807, 2.05) is 0 Å². The molecule has 0 aliphatic heterocycles. The summed E-state index contributed by atoms with van der Waals surface area (Å²) in [7, 11) is 1.68. The number of methoxy groups -OCH3 is 1. The molecule has 1 heterocycles. The van der Waals surface area contributed by atoms with Gasteiger partial charge in [-0.25, -0.2) is 0 Å². The van der Waals surface area contributed by atoms with Gasteiger partial charge in [0.15, 0.2) is 0 Å². The predicted molar refractivity (Wildman–Crippen MR) is 64.5 cm³/mol. The van der Waals surface area contributed by atoms with Crippen LogP contribution in [-0.4, -0.2) is 38.0 Å². The van der Waals surface area contributed by atoms with Gasteiger partial charge in [0.2, 0.25) is 0 Å². The average molecular weight is 226 g/mol. The van der Waals surface area contributed by atoms with Crippen LogP contribution < -0.4 is 5.32 Å². The van der Waals surface area contributed by atoms with Crippen molar-refractivity contribution in [3.63, 3.8) is 0 Å². The van der Waals surface area contributed by atoms with Gasteiger partial charge in [-0.3, -0.25) is 0 Å². The quantitative estimate of drug-likeness (QED) is 0.644. The number of rotatable bonds is 9. The van der Waals surface area contributed by atoms with Crippen molar-refractivity contribution in [2.45, 2.75) is 20.0 Å². The molecule has 0 bridgehead atoms. The fourth-order valence-corrected chi connectivity index (χ4v) is 1.52. The van der Waals surface area contributed by atoms with E-state index in [4.69, 9.17) is 9.47 Å². The van der Waals surface area contributed by atoms with Gasteiger partial charge in [0.1, 0.15) is 0 Å². The van der Waals surface area contributed by atoms with Gasteiger partial charge in [0, 0.05) is 38.6 Å². The number of hydrogen-bond donors (Lipinski definition) is 1. The molecule has 92 valence electrons. The summed E-state index contributed by atoms with van der Waals surface area (Å²) in [5.74, 6) is 0. The van der Waals surface area contributed by atoms with E-state index in [1.165, 1.54) is 5.69 Å². The van der Waals surface area contributed by atoms with Crippen LogP contribution in [0.3, 0.4) is 0 Å². The number of nitrogens with zero attached hydrogens (tertiary/aromatic N) is 1. The molecule has 1 N–H and O–H groups in total. The number of hydrogen-bond acceptors (Lipinski definition) is 3. The van der Waals surface area contributed by atoms with Gasteiger partial charge >= 0.3 is 0 Å². The summed E-state index contributed by atoms with van der Waals surface area (Å²) in [6.07, 6.45) is 2.10. The molecule has 0 fully saturated rings. The lowest BCUT2D eigenvalue weighted by atomic mass is 10.4. The summed E-state index contributed by atoms with van der Waals surface area (Å²) in [4.78, 5) is 0. The number of aryl methyl sites for hydroxylation is 1. The molecule has 0 radical (unpaired) electrons. The molecule has 1 rings (SSSR count). The van der Waals surface area contributed by atoms with Crippen LogP contribution in [0.2, 0.25) is 0 Å². The third kappa shape index (κ3) is 4.79. The Labute approximate surface area is 97.5 Å². The molecule has 0 unspecified atom stereocenters. The van der Waals surface area contributed by atoms with Crippen LogP contribution in [0.5, 0.6) is 0 Å². The van der Waals surface area contributed by atoms with Crippen LogP contribution in [0, 0.1) is 0 Å². The molecule has 4 heteroatoms. The summed E-state index contributed by atoms with van der Waals surface area (Å²) in [6, 6.07) is 4.22. The van der Waals surface area contributed by atoms with Crippen LogP contribution in [0.25, 0.3) is 0 Å². The maximum absolute atomic E-state index is 5.36. The molecular weight excluding hydrogens is 204 g/mol. The highest BCUT2D eigenvalue weighted by atomic mass is 16.5.